The Hall–Kier alpha value is -2.50. The highest BCUT2D eigenvalue weighted by Gasteiger charge is 2.43. The maximum atomic E-state index is 12.6. The second kappa shape index (κ2) is 5.76. The minimum absolute atomic E-state index is 0.00208. The first-order valence-electron chi connectivity index (χ1n) is 9.17. The van der Waals surface area contributed by atoms with Gasteiger partial charge in [-0.15, -0.1) is 0 Å². The van der Waals surface area contributed by atoms with Crippen molar-refractivity contribution in [2.24, 2.45) is 0 Å². The molecule has 0 unspecified atom stereocenters. The third kappa shape index (κ3) is 2.24. The number of hydrogen-bond acceptors (Lipinski definition) is 4. The van der Waals surface area contributed by atoms with Gasteiger partial charge in [-0.3, -0.25) is 4.79 Å². The number of aliphatic hydroxyl groups is 1. The first kappa shape index (κ1) is 15.7. The Morgan fingerprint density at radius 3 is 2.77 bits per heavy atom. The molecule has 0 saturated carbocycles. The minimum Gasteiger partial charge on any atom is -0.390 e. The molecule has 0 radical (unpaired) electrons. The number of Topliss-reactive ketones (excluding diaryl/α,β-unsaturated/α-hetero) is 1. The van der Waals surface area contributed by atoms with Gasteiger partial charge >= 0.3 is 0 Å². The van der Waals surface area contributed by atoms with E-state index in [0.717, 1.165) is 53.7 Å². The van der Waals surface area contributed by atoms with Crippen LogP contribution in [0.5, 0.6) is 0 Å². The number of fused-ring (bicyclic) bond motifs is 3. The SMILES string of the molecule is O=C1CC2(CCNCC2)c2cc(-c3c[nH]c4nc(CO)ccc34)ccc21. The highest BCUT2D eigenvalue weighted by atomic mass is 16.3. The van der Waals surface area contributed by atoms with E-state index in [9.17, 15) is 9.90 Å². The van der Waals surface area contributed by atoms with E-state index in [-0.39, 0.29) is 17.8 Å². The number of carbonyl (C=O) groups is 1. The summed E-state index contributed by atoms with van der Waals surface area (Å²) in [7, 11) is 0. The van der Waals surface area contributed by atoms with Crippen molar-refractivity contribution in [2.45, 2.75) is 31.3 Å². The third-order valence-corrected chi connectivity index (χ3v) is 6.02. The van der Waals surface area contributed by atoms with E-state index in [1.165, 1.54) is 5.56 Å². The van der Waals surface area contributed by atoms with Crippen LogP contribution in [0.4, 0.5) is 0 Å². The zero-order valence-electron chi connectivity index (χ0n) is 14.5. The number of nitrogens with zero attached hydrogens (tertiary/aromatic N) is 1. The lowest BCUT2D eigenvalue weighted by Crippen LogP contribution is -2.38. The molecule has 1 aliphatic carbocycles. The largest absolute Gasteiger partial charge is 0.390 e. The van der Waals surface area contributed by atoms with Crippen molar-refractivity contribution >= 4 is 16.8 Å². The van der Waals surface area contributed by atoms with Gasteiger partial charge in [-0.25, -0.2) is 4.98 Å². The van der Waals surface area contributed by atoms with Gasteiger partial charge in [0.15, 0.2) is 5.78 Å². The topological polar surface area (TPSA) is 78.0 Å². The number of pyridine rings is 1. The fourth-order valence-corrected chi connectivity index (χ4v) is 4.62. The van der Waals surface area contributed by atoms with E-state index in [1.807, 2.05) is 30.5 Å². The highest BCUT2D eigenvalue weighted by molar-refractivity contribution is 6.03. The zero-order chi connectivity index (χ0) is 17.7. The molecule has 1 aliphatic heterocycles. The Morgan fingerprint density at radius 1 is 1.12 bits per heavy atom. The number of piperidine rings is 1. The summed E-state index contributed by atoms with van der Waals surface area (Å²) in [5.74, 6) is 0.279. The lowest BCUT2D eigenvalue weighted by molar-refractivity contribution is 0.0964. The van der Waals surface area contributed by atoms with Crippen LogP contribution in [0, 0.1) is 0 Å². The van der Waals surface area contributed by atoms with E-state index in [2.05, 4.69) is 21.4 Å². The molecule has 1 fully saturated rings. The summed E-state index contributed by atoms with van der Waals surface area (Å²) in [5, 5.41) is 13.7. The standard InChI is InChI=1S/C21H21N3O2/c25-12-14-2-4-15-17(11-23-20(15)24-14)13-1-3-16-18(9-13)21(10-19(16)26)5-7-22-8-6-21/h1-4,9,11,22,25H,5-8,10,12H2,(H,23,24). The van der Waals surface area contributed by atoms with Gasteiger partial charge in [0.1, 0.15) is 5.65 Å². The number of rotatable bonds is 2. The van der Waals surface area contributed by atoms with Crippen molar-refractivity contribution in [2.75, 3.05) is 13.1 Å². The second-order valence-electron chi connectivity index (χ2n) is 7.45. The molecule has 0 amide bonds. The fraction of sp³-hybridized carbons (Fsp3) is 0.333. The second-order valence-corrected chi connectivity index (χ2v) is 7.45. The van der Waals surface area contributed by atoms with Crippen LogP contribution < -0.4 is 5.32 Å². The Morgan fingerprint density at radius 2 is 1.96 bits per heavy atom. The molecule has 26 heavy (non-hydrogen) atoms. The third-order valence-electron chi connectivity index (χ3n) is 6.02. The Balaban J connectivity index is 1.64. The van der Waals surface area contributed by atoms with Gasteiger partial charge in [0, 0.05) is 34.5 Å². The average molecular weight is 347 g/mol. The molecule has 1 saturated heterocycles. The van der Waals surface area contributed by atoms with Gasteiger partial charge in [-0.1, -0.05) is 12.1 Å². The van der Waals surface area contributed by atoms with Crippen LogP contribution in [-0.4, -0.2) is 33.9 Å². The van der Waals surface area contributed by atoms with Crippen LogP contribution in [0.1, 0.15) is 40.9 Å². The van der Waals surface area contributed by atoms with Crippen molar-refractivity contribution in [1.82, 2.24) is 15.3 Å². The molecule has 0 bridgehead atoms. The number of ketones is 1. The summed E-state index contributed by atoms with van der Waals surface area (Å²) >= 11 is 0. The molecule has 1 aromatic carbocycles. The molecule has 3 aromatic rings. The van der Waals surface area contributed by atoms with Crippen molar-refractivity contribution < 1.29 is 9.90 Å². The number of nitrogens with one attached hydrogen (secondary N) is 2. The molecule has 3 N–H and O–H groups in total. The maximum Gasteiger partial charge on any atom is 0.164 e. The van der Waals surface area contributed by atoms with Crippen molar-refractivity contribution in [3.8, 4) is 11.1 Å². The lowest BCUT2D eigenvalue weighted by Gasteiger charge is -2.34. The predicted molar refractivity (Wildman–Crippen MR) is 100 cm³/mol. The van der Waals surface area contributed by atoms with Crippen LogP contribution in [0.25, 0.3) is 22.2 Å². The first-order chi connectivity index (χ1) is 12.7. The summed E-state index contributed by atoms with van der Waals surface area (Å²) < 4.78 is 0. The molecule has 5 heteroatoms. The predicted octanol–water partition coefficient (Wildman–Crippen LogP) is 2.93. The van der Waals surface area contributed by atoms with Gasteiger partial charge in [-0.2, -0.15) is 0 Å². The average Bonchev–Trinajstić information content (AvgIpc) is 3.21. The van der Waals surface area contributed by atoms with Crippen LogP contribution >= 0.6 is 0 Å². The van der Waals surface area contributed by atoms with Gasteiger partial charge in [-0.05, 0) is 55.3 Å². The molecule has 3 heterocycles. The van der Waals surface area contributed by atoms with Crippen molar-refractivity contribution in [1.29, 1.82) is 0 Å². The molecular formula is C21H21N3O2. The van der Waals surface area contributed by atoms with Gasteiger partial charge in [0.2, 0.25) is 0 Å². The van der Waals surface area contributed by atoms with Crippen LogP contribution in [0.15, 0.2) is 36.5 Å². The van der Waals surface area contributed by atoms with Crippen molar-refractivity contribution in [3.63, 3.8) is 0 Å². The number of aromatic nitrogens is 2. The summed E-state index contributed by atoms with van der Waals surface area (Å²) in [6.07, 6.45) is 4.64. The first-order valence-corrected chi connectivity index (χ1v) is 9.17. The van der Waals surface area contributed by atoms with Crippen LogP contribution in [-0.2, 0) is 12.0 Å². The maximum absolute atomic E-state index is 12.6. The number of benzene rings is 1. The normalized spacial score (nSPS) is 18.6. The molecule has 2 aliphatic rings. The lowest BCUT2D eigenvalue weighted by atomic mass is 9.74. The van der Waals surface area contributed by atoms with Gasteiger partial charge in [0.05, 0.1) is 12.3 Å². The van der Waals surface area contributed by atoms with E-state index in [0.29, 0.717) is 12.1 Å². The minimum atomic E-state index is -0.0677. The van der Waals surface area contributed by atoms with Crippen molar-refractivity contribution in [3.05, 3.63) is 53.3 Å². The van der Waals surface area contributed by atoms with Gasteiger partial charge < -0.3 is 15.4 Å². The van der Waals surface area contributed by atoms with Crippen LogP contribution in [0.2, 0.25) is 0 Å². The quantitative estimate of drug-likeness (QED) is 0.666. The summed E-state index contributed by atoms with van der Waals surface area (Å²) in [4.78, 5) is 20.2. The molecule has 5 nitrogen and oxygen atoms in total. The summed E-state index contributed by atoms with van der Waals surface area (Å²) in [6.45, 7) is 1.87. The number of aliphatic hydroxyl groups excluding tert-OH is 1. The van der Waals surface area contributed by atoms with Gasteiger partial charge in [0.25, 0.3) is 0 Å². The number of H-pyrrole nitrogens is 1. The molecule has 1 spiro atoms. The molecule has 0 atom stereocenters. The fourth-order valence-electron chi connectivity index (χ4n) is 4.62. The highest BCUT2D eigenvalue weighted by Crippen LogP contribution is 2.46. The smallest absolute Gasteiger partial charge is 0.164 e. The van der Waals surface area contributed by atoms with Crippen LogP contribution in [0.3, 0.4) is 0 Å². The Kier molecular flexibility index (Phi) is 3.48. The van der Waals surface area contributed by atoms with E-state index < -0.39 is 0 Å². The summed E-state index contributed by atoms with van der Waals surface area (Å²) in [5.41, 5.74) is 5.75. The number of carbonyl (C=O) groups excluding carboxylic acids is 1. The monoisotopic (exact) mass is 347 g/mol. The Labute approximate surface area is 151 Å². The number of aromatic amines is 1. The molecule has 132 valence electrons. The zero-order valence-corrected chi connectivity index (χ0v) is 14.5. The van der Waals surface area contributed by atoms with E-state index in [1.54, 1.807) is 0 Å². The molecule has 2 aromatic heterocycles. The van der Waals surface area contributed by atoms with E-state index >= 15 is 0 Å². The Bertz CT molecular complexity index is 1020. The molecular weight excluding hydrogens is 326 g/mol. The molecule has 5 rings (SSSR count). The number of hydrogen-bond donors (Lipinski definition) is 3. The summed E-state index contributed by atoms with van der Waals surface area (Å²) in [6, 6.07) is 10.1. The van der Waals surface area contributed by atoms with E-state index in [4.69, 9.17) is 0 Å².